The van der Waals surface area contributed by atoms with Crippen LogP contribution in [0.15, 0.2) is 24.3 Å². The molecule has 0 aliphatic carbocycles. The molecule has 0 aromatic heterocycles. The molecule has 4 nitrogen and oxygen atoms in total. The molecule has 1 amide bonds. The predicted octanol–water partition coefficient (Wildman–Crippen LogP) is 4.27. The van der Waals surface area contributed by atoms with E-state index in [-0.39, 0.29) is 5.91 Å². The minimum Gasteiger partial charge on any atom is -0.480 e. The van der Waals surface area contributed by atoms with E-state index in [1.807, 2.05) is 0 Å². The molecule has 0 fully saturated rings. The summed E-state index contributed by atoms with van der Waals surface area (Å²) in [6.45, 7) is 2.16. The molecule has 122 valence electrons. The number of hydrogen-bond donors (Lipinski definition) is 2. The van der Waals surface area contributed by atoms with Crippen LogP contribution < -0.4 is 5.32 Å². The van der Waals surface area contributed by atoms with Crippen LogP contribution >= 0.6 is 11.6 Å². The first-order chi connectivity index (χ1) is 10.5. The van der Waals surface area contributed by atoms with Crippen molar-refractivity contribution in [1.29, 1.82) is 0 Å². The van der Waals surface area contributed by atoms with Crippen LogP contribution in [0.1, 0.15) is 62.2 Å². The fourth-order valence-electron chi connectivity index (χ4n) is 2.23. The lowest BCUT2D eigenvalue weighted by Crippen LogP contribution is -2.40. The summed E-state index contributed by atoms with van der Waals surface area (Å²) in [6, 6.07) is 5.55. The highest BCUT2D eigenvalue weighted by Crippen LogP contribution is 2.11. The molecule has 1 rings (SSSR count). The number of carbonyl (C=O) groups is 2. The number of carbonyl (C=O) groups excluding carboxylic acids is 1. The summed E-state index contributed by atoms with van der Waals surface area (Å²) in [7, 11) is 0. The van der Waals surface area contributed by atoms with Crippen LogP contribution in [-0.2, 0) is 4.79 Å². The standard InChI is InChI=1S/C17H24ClNO3/c1-2-3-4-5-6-7-8-15(17(21)22)19-16(20)13-9-11-14(18)12-10-13/h9-12,15H,2-8H2,1H3,(H,19,20)(H,21,22)/t15-/m1/s1. The zero-order chi connectivity index (χ0) is 16.4. The van der Waals surface area contributed by atoms with E-state index in [4.69, 9.17) is 11.6 Å². The van der Waals surface area contributed by atoms with Gasteiger partial charge in [-0.2, -0.15) is 0 Å². The smallest absolute Gasteiger partial charge is 0.326 e. The third kappa shape index (κ3) is 6.94. The van der Waals surface area contributed by atoms with Gasteiger partial charge in [0.25, 0.3) is 5.91 Å². The van der Waals surface area contributed by atoms with Crippen LogP contribution in [0.2, 0.25) is 5.02 Å². The molecule has 0 spiro atoms. The average molecular weight is 326 g/mol. The molecule has 5 heteroatoms. The summed E-state index contributed by atoms with van der Waals surface area (Å²) in [6.07, 6.45) is 6.98. The predicted molar refractivity (Wildman–Crippen MR) is 88.3 cm³/mol. The molecule has 0 bridgehead atoms. The molecule has 0 aliphatic rings. The summed E-state index contributed by atoms with van der Waals surface area (Å²) in [4.78, 5) is 23.3. The summed E-state index contributed by atoms with van der Waals surface area (Å²) in [5.41, 5.74) is 0.415. The number of amides is 1. The summed E-state index contributed by atoms with van der Waals surface area (Å²) >= 11 is 5.77. The number of nitrogens with one attached hydrogen (secondary N) is 1. The quantitative estimate of drug-likeness (QED) is 0.631. The van der Waals surface area contributed by atoms with Crippen molar-refractivity contribution in [2.24, 2.45) is 0 Å². The lowest BCUT2D eigenvalue weighted by Gasteiger charge is -2.14. The molecular weight excluding hydrogens is 302 g/mol. The lowest BCUT2D eigenvalue weighted by atomic mass is 10.1. The highest BCUT2D eigenvalue weighted by molar-refractivity contribution is 6.30. The van der Waals surface area contributed by atoms with Gasteiger partial charge in [0, 0.05) is 10.6 Å². The maximum absolute atomic E-state index is 12.0. The average Bonchev–Trinajstić information content (AvgIpc) is 2.49. The van der Waals surface area contributed by atoms with Crippen molar-refractivity contribution in [2.75, 3.05) is 0 Å². The molecule has 1 atom stereocenters. The van der Waals surface area contributed by atoms with E-state index in [0.29, 0.717) is 17.0 Å². The summed E-state index contributed by atoms with van der Waals surface area (Å²) in [5.74, 6) is -1.37. The van der Waals surface area contributed by atoms with Gasteiger partial charge in [0.15, 0.2) is 0 Å². The Balaban J connectivity index is 2.41. The number of carboxylic acids is 1. The fourth-order valence-corrected chi connectivity index (χ4v) is 2.36. The highest BCUT2D eigenvalue weighted by atomic mass is 35.5. The van der Waals surface area contributed by atoms with E-state index in [2.05, 4.69) is 12.2 Å². The lowest BCUT2D eigenvalue weighted by molar-refractivity contribution is -0.139. The Labute approximate surface area is 136 Å². The van der Waals surface area contributed by atoms with Gasteiger partial charge in [-0.15, -0.1) is 0 Å². The van der Waals surface area contributed by atoms with Gasteiger partial charge in [-0.05, 0) is 30.7 Å². The third-order valence-corrected chi connectivity index (χ3v) is 3.81. The molecule has 0 unspecified atom stereocenters. The molecule has 0 saturated heterocycles. The summed E-state index contributed by atoms with van der Waals surface area (Å²) < 4.78 is 0. The second kappa shape index (κ2) is 10.2. The molecule has 1 aromatic rings. The van der Waals surface area contributed by atoms with E-state index in [1.54, 1.807) is 24.3 Å². The van der Waals surface area contributed by atoms with E-state index >= 15 is 0 Å². The first-order valence-corrected chi connectivity index (χ1v) is 8.21. The first kappa shape index (κ1) is 18.5. The second-order valence-electron chi connectivity index (χ2n) is 5.43. The number of halogens is 1. The second-order valence-corrected chi connectivity index (χ2v) is 5.86. The van der Waals surface area contributed by atoms with E-state index in [1.165, 1.54) is 19.3 Å². The van der Waals surface area contributed by atoms with Crippen LogP contribution in [0.3, 0.4) is 0 Å². The number of carboxylic acid groups (broad SMARTS) is 1. The number of benzene rings is 1. The van der Waals surface area contributed by atoms with Gasteiger partial charge >= 0.3 is 5.97 Å². The molecule has 2 N–H and O–H groups in total. The van der Waals surface area contributed by atoms with Crippen molar-refractivity contribution in [3.05, 3.63) is 34.9 Å². The molecule has 0 radical (unpaired) electrons. The SMILES string of the molecule is CCCCCCCC[C@@H](NC(=O)c1ccc(Cl)cc1)C(=O)O. The maximum Gasteiger partial charge on any atom is 0.326 e. The first-order valence-electron chi connectivity index (χ1n) is 7.83. The van der Waals surface area contributed by atoms with Crippen molar-refractivity contribution < 1.29 is 14.7 Å². The Morgan fingerprint density at radius 3 is 2.27 bits per heavy atom. The Bertz CT molecular complexity index is 473. The molecular formula is C17H24ClNO3. The number of rotatable bonds is 10. The zero-order valence-electron chi connectivity index (χ0n) is 13.0. The van der Waals surface area contributed by atoms with Crippen molar-refractivity contribution in [1.82, 2.24) is 5.32 Å². The number of aliphatic carboxylic acids is 1. The van der Waals surface area contributed by atoms with Gasteiger partial charge in [-0.3, -0.25) is 4.79 Å². The molecule has 0 aliphatic heterocycles. The van der Waals surface area contributed by atoms with Crippen molar-refractivity contribution in [3.63, 3.8) is 0 Å². The fraction of sp³-hybridized carbons (Fsp3) is 0.529. The number of unbranched alkanes of at least 4 members (excludes halogenated alkanes) is 5. The zero-order valence-corrected chi connectivity index (χ0v) is 13.7. The largest absolute Gasteiger partial charge is 0.480 e. The Morgan fingerprint density at radius 1 is 1.09 bits per heavy atom. The Hall–Kier alpha value is -1.55. The Kier molecular flexibility index (Phi) is 8.60. The highest BCUT2D eigenvalue weighted by Gasteiger charge is 2.20. The molecule has 0 heterocycles. The van der Waals surface area contributed by atoms with Crippen LogP contribution in [0.5, 0.6) is 0 Å². The topological polar surface area (TPSA) is 66.4 Å². The molecule has 22 heavy (non-hydrogen) atoms. The van der Waals surface area contributed by atoms with Gasteiger partial charge in [0.05, 0.1) is 0 Å². The van der Waals surface area contributed by atoms with E-state index in [0.717, 1.165) is 19.3 Å². The van der Waals surface area contributed by atoms with E-state index in [9.17, 15) is 14.7 Å². The van der Waals surface area contributed by atoms with Crippen LogP contribution in [0.25, 0.3) is 0 Å². The maximum atomic E-state index is 12.0. The number of hydrogen-bond acceptors (Lipinski definition) is 2. The Morgan fingerprint density at radius 2 is 1.68 bits per heavy atom. The monoisotopic (exact) mass is 325 g/mol. The third-order valence-electron chi connectivity index (χ3n) is 3.56. The van der Waals surface area contributed by atoms with Gasteiger partial charge in [0.1, 0.15) is 6.04 Å². The van der Waals surface area contributed by atoms with Gasteiger partial charge in [0.2, 0.25) is 0 Å². The van der Waals surface area contributed by atoms with Gasteiger partial charge in [-0.1, -0.05) is 57.0 Å². The van der Waals surface area contributed by atoms with Crippen molar-refractivity contribution in [2.45, 2.75) is 57.9 Å². The molecule has 1 aromatic carbocycles. The van der Waals surface area contributed by atoms with Crippen LogP contribution in [0, 0.1) is 0 Å². The minimum atomic E-state index is -0.990. The van der Waals surface area contributed by atoms with Crippen LogP contribution in [0.4, 0.5) is 0 Å². The normalized spacial score (nSPS) is 11.9. The minimum absolute atomic E-state index is 0.380. The molecule has 0 saturated carbocycles. The van der Waals surface area contributed by atoms with Gasteiger partial charge in [-0.25, -0.2) is 4.79 Å². The van der Waals surface area contributed by atoms with Crippen molar-refractivity contribution in [3.8, 4) is 0 Å². The van der Waals surface area contributed by atoms with E-state index < -0.39 is 12.0 Å². The van der Waals surface area contributed by atoms with Crippen LogP contribution in [-0.4, -0.2) is 23.0 Å². The van der Waals surface area contributed by atoms with Gasteiger partial charge < -0.3 is 10.4 Å². The van der Waals surface area contributed by atoms with Crippen molar-refractivity contribution >= 4 is 23.5 Å². The summed E-state index contributed by atoms with van der Waals surface area (Å²) in [5, 5.41) is 12.3.